The first kappa shape index (κ1) is 15.3. The molecule has 0 bridgehead atoms. The lowest BCUT2D eigenvalue weighted by Gasteiger charge is -2.51. The highest BCUT2D eigenvalue weighted by Crippen LogP contribution is 2.36. The van der Waals surface area contributed by atoms with Crippen LogP contribution in [-0.2, 0) is 9.53 Å². The molecule has 3 rings (SSSR count). The highest BCUT2D eigenvalue weighted by Gasteiger charge is 2.44. The van der Waals surface area contributed by atoms with Gasteiger partial charge in [-0.1, -0.05) is 6.42 Å². The number of nitrogens with one attached hydrogen (secondary N) is 1. The van der Waals surface area contributed by atoms with Gasteiger partial charge in [0.05, 0.1) is 32.8 Å². The first-order valence-electron chi connectivity index (χ1n) is 8.93. The van der Waals surface area contributed by atoms with Crippen molar-refractivity contribution in [3.05, 3.63) is 0 Å². The summed E-state index contributed by atoms with van der Waals surface area (Å²) in [6.07, 6.45) is 9.85. The molecule has 0 radical (unpaired) electrons. The molecule has 3 aliphatic rings. The molecule has 21 heavy (non-hydrogen) atoms. The number of carbonyl (C=O) groups excluding carboxylic acids is 1. The number of fused-ring (bicyclic) bond motifs is 1. The van der Waals surface area contributed by atoms with E-state index in [2.05, 4.69) is 12.4 Å². The van der Waals surface area contributed by atoms with Gasteiger partial charge in [0.1, 0.15) is 6.04 Å². The zero-order chi connectivity index (χ0) is 14.7. The quantitative estimate of drug-likeness (QED) is 0.640. The van der Waals surface area contributed by atoms with Gasteiger partial charge in [0.25, 0.3) is 0 Å². The van der Waals surface area contributed by atoms with Crippen LogP contribution in [0.4, 0.5) is 0 Å². The minimum atomic E-state index is -0.0467. The van der Waals surface area contributed by atoms with Crippen molar-refractivity contribution in [3.63, 3.8) is 0 Å². The van der Waals surface area contributed by atoms with Crippen LogP contribution in [0.3, 0.4) is 0 Å². The molecule has 0 unspecified atom stereocenters. The van der Waals surface area contributed by atoms with Gasteiger partial charge in [0.2, 0.25) is 0 Å². The van der Waals surface area contributed by atoms with Crippen LogP contribution in [0.15, 0.2) is 0 Å². The number of hydrogen-bond donors (Lipinski definition) is 1. The van der Waals surface area contributed by atoms with Gasteiger partial charge < -0.3 is 14.5 Å². The minimum absolute atomic E-state index is 0.00899. The highest BCUT2D eigenvalue weighted by molar-refractivity contribution is 5.75. The summed E-state index contributed by atoms with van der Waals surface area (Å²) < 4.78 is 6.93. The van der Waals surface area contributed by atoms with Crippen LogP contribution in [0, 0.1) is 5.92 Å². The van der Waals surface area contributed by atoms with Gasteiger partial charge in [0.15, 0.2) is 0 Å². The monoisotopic (exact) mass is 295 g/mol. The fourth-order valence-corrected chi connectivity index (χ4v) is 4.77. The Morgan fingerprint density at radius 1 is 1.10 bits per heavy atom. The molecule has 3 heterocycles. The third-order valence-electron chi connectivity index (χ3n) is 6.04. The molecule has 0 spiro atoms. The maximum Gasteiger partial charge on any atom is 0.323 e. The van der Waals surface area contributed by atoms with E-state index in [1.165, 1.54) is 56.1 Å². The lowest BCUT2D eigenvalue weighted by atomic mass is 9.82. The second-order valence-electron chi connectivity index (χ2n) is 7.52. The van der Waals surface area contributed by atoms with E-state index < -0.39 is 0 Å². The Hall–Kier alpha value is -0.610. The normalized spacial score (nSPS) is 40.3. The fraction of sp³-hybridized carbons (Fsp3) is 0.941. The predicted octanol–water partition coefficient (Wildman–Crippen LogP) is 2.08. The molecule has 0 aromatic rings. The van der Waals surface area contributed by atoms with Crippen molar-refractivity contribution in [1.82, 2.24) is 5.32 Å². The number of nitrogens with zero attached hydrogens (tertiary/aromatic N) is 1. The third kappa shape index (κ3) is 3.42. The van der Waals surface area contributed by atoms with Gasteiger partial charge in [0, 0.05) is 12.3 Å². The Labute approximate surface area is 128 Å². The van der Waals surface area contributed by atoms with E-state index in [1.54, 1.807) is 0 Å². The lowest BCUT2D eigenvalue weighted by Crippen LogP contribution is -2.61. The summed E-state index contributed by atoms with van der Waals surface area (Å²) in [5, 5.41) is 3.29. The Morgan fingerprint density at radius 3 is 2.71 bits per heavy atom. The van der Waals surface area contributed by atoms with Gasteiger partial charge in [-0.25, -0.2) is 0 Å². The zero-order valence-corrected chi connectivity index (χ0v) is 13.5. The van der Waals surface area contributed by atoms with Crippen LogP contribution >= 0.6 is 0 Å². The fourth-order valence-electron chi connectivity index (χ4n) is 4.77. The first-order chi connectivity index (χ1) is 10.2. The van der Waals surface area contributed by atoms with Crippen molar-refractivity contribution in [1.29, 1.82) is 0 Å². The highest BCUT2D eigenvalue weighted by atomic mass is 16.5. The molecule has 0 saturated carbocycles. The van der Waals surface area contributed by atoms with Crippen molar-refractivity contribution in [3.8, 4) is 0 Å². The van der Waals surface area contributed by atoms with Crippen molar-refractivity contribution < 1.29 is 14.0 Å². The van der Waals surface area contributed by atoms with Gasteiger partial charge in [-0.2, -0.15) is 0 Å². The van der Waals surface area contributed by atoms with E-state index in [0.717, 1.165) is 25.4 Å². The zero-order valence-electron chi connectivity index (χ0n) is 13.5. The predicted molar refractivity (Wildman–Crippen MR) is 82.9 cm³/mol. The van der Waals surface area contributed by atoms with Crippen LogP contribution in [0.5, 0.6) is 0 Å². The number of piperidine rings is 3. The summed E-state index contributed by atoms with van der Waals surface area (Å²) in [6.45, 7) is 4.24. The van der Waals surface area contributed by atoms with Crippen molar-refractivity contribution in [2.75, 3.05) is 33.3 Å². The maximum absolute atomic E-state index is 12.2. The molecule has 4 atom stereocenters. The second kappa shape index (κ2) is 6.66. The molecule has 1 N–H and O–H groups in total. The summed E-state index contributed by atoms with van der Waals surface area (Å²) in [5.41, 5.74) is 0. The largest absolute Gasteiger partial charge is 0.464 e. The molecule has 4 heteroatoms. The van der Waals surface area contributed by atoms with Crippen LogP contribution in [-0.4, -0.2) is 55.8 Å². The number of hydrogen-bond acceptors (Lipinski definition) is 3. The van der Waals surface area contributed by atoms with Gasteiger partial charge in [-0.05, 0) is 45.1 Å². The van der Waals surface area contributed by atoms with Crippen molar-refractivity contribution >= 4 is 5.97 Å². The molecule has 0 amide bonds. The van der Waals surface area contributed by atoms with Crippen LogP contribution in [0.2, 0.25) is 0 Å². The maximum atomic E-state index is 12.2. The van der Waals surface area contributed by atoms with E-state index in [0.29, 0.717) is 12.5 Å². The summed E-state index contributed by atoms with van der Waals surface area (Å²) in [6, 6.07) is 0.675. The Bertz CT molecular complexity index is 364. The van der Waals surface area contributed by atoms with Crippen LogP contribution in [0.25, 0.3) is 0 Å². The minimum Gasteiger partial charge on any atom is -0.464 e. The van der Waals surface area contributed by atoms with Crippen LogP contribution < -0.4 is 5.32 Å². The summed E-state index contributed by atoms with van der Waals surface area (Å²) in [7, 11) is 2.42. The number of ether oxygens (including phenoxy) is 1. The van der Waals surface area contributed by atoms with E-state index in [1.807, 2.05) is 0 Å². The van der Waals surface area contributed by atoms with E-state index in [9.17, 15) is 4.79 Å². The van der Waals surface area contributed by atoms with E-state index in [4.69, 9.17) is 4.74 Å². The molecule has 3 aliphatic heterocycles. The number of rotatable bonds is 3. The second-order valence-corrected chi connectivity index (χ2v) is 7.52. The molecular weight excluding hydrogens is 264 g/mol. The summed E-state index contributed by atoms with van der Waals surface area (Å²) in [4.78, 5) is 12.2. The molecular formula is C17H31N2O2+. The molecule has 0 aromatic heterocycles. The molecule has 120 valence electrons. The number of esters is 1. The van der Waals surface area contributed by atoms with Crippen LogP contribution in [0.1, 0.15) is 51.4 Å². The molecule has 3 fully saturated rings. The lowest BCUT2D eigenvalue weighted by molar-refractivity contribution is -0.947. The number of carbonyl (C=O) groups is 1. The first-order valence-corrected chi connectivity index (χ1v) is 8.93. The summed E-state index contributed by atoms with van der Waals surface area (Å²) >= 11 is 0. The topological polar surface area (TPSA) is 38.3 Å². The molecule has 0 aromatic carbocycles. The SMILES string of the molecule is C[N@+]12CCCC[C@@H]1[C@H](COC(=O)[C@@H]1CCCCN1)CCC2. The summed E-state index contributed by atoms with van der Waals surface area (Å²) in [5.74, 6) is 0.571. The average Bonchev–Trinajstić information content (AvgIpc) is 2.52. The van der Waals surface area contributed by atoms with E-state index >= 15 is 0 Å². The number of quaternary nitrogens is 1. The Balaban J connectivity index is 1.53. The van der Waals surface area contributed by atoms with Crippen molar-refractivity contribution in [2.45, 2.75) is 63.5 Å². The van der Waals surface area contributed by atoms with E-state index in [-0.39, 0.29) is 12.0 Å². The molecule has 4 nitrogen and oxygen atoms in total. The Morgan fingerprint density at radius 2 is 1.90 bits per heavy atom. The standard InChI is InChI=1S/C17H31N2O2/c1-19-11-5-3-9-16(19)14(7-6-12-19)13-21-17(20)15-8-2-4-10-18-15/h14-16,18H,2-13H2,1H3/q+1/t14-,15-,16+,19+/m0/s1. The van der Waals surface area contributed by atoms with Gasteiger partial charge in [-0.3, -0.25) is 4.79 Å². The third-order valence-corrected chi connectivity index (χ3v) is 6.04. The molecule has 3 saturated heterocycles. The average molecular weight is 295 g/mol. The van der Waals surface area contributed by atoms with Gasteiger partial charge in [-0.15, -0.1) is 0 Å². The Kier molecular flexibility index (Phi) is 4.85. The van der Waals surface area contributed by atoms with Gasteiger partial charge >= 0.3 is 5.97 Å². The smallest absolute Gasteiger partial charge is 0.323 e. The van der Waals surface area contributed by atoms with Crippen molar-refractivity contribution in [2.24, 2.45) is 5.92 Å². The molecule has 0 aliphatic carbocycles.